The maximum Gasteiger partial charge on any atom is 0.0484 e. The molecule has 0 saturated heterocycles. The fourth-order valence-electron chi connectivity index (χ4n) is 1.65. The summed E-state index contributed by atoms with van der Waals surface area (Å²) in [6.07, 6.45) is 2.04. The van der Waals surface area contributed by atoms with Gasteiger partial charge in [-0.15, -0.1) is 0 Å². The molecule has 0 aliphatic carbocycles. The monoisotopic (exact) mass is 241 g/mol. The highest BCUT2D eigenvalue weighted by Crippen LogP contribution is 2.20. The number of hydrogen-bond donors (Lipinski definition) is 1. The summed E-state index contributed by atoms with van der Waals surface area (Å²) >= 11 is 5.97. The SMILES string of the molecule is CCCOCCC(NC)c1cccc(Cl)c1. The van der Waals surface area contributed by atoms with Crippen molar-refractivity contribution < 1.29 is 4.74 Å². The van der Waals surface area contributed by atoms with Gasteiger partial charge >= 0.3 is 0 Å². The minimum Gasteiger partial charge on any atom is -0.381 e. The molecule has 0 heterocycles. The molecule has 0 aromatic heterocycles. The second kappa shape index (κ2) is 7.66. The van der Waals surface area contributed by atoms with Crippen LogP contribution < -0.4 is 5.32 Å². The Labute approximate surface area is 103 Å². The van der Waals surface area contributed by atoms with Crippen LogP contribution in [0.15, 0.2) is 24.3 Å². The Morgan fingerprint density at radius 3 is 2.81 bits per heavy atom. The van der Waals surface area contributed by atoms with Crippen molar-refractivity contribution in [3.63, 3.8) is 0 Å². The number of rotatable bonds is 7. The van der Waals surface area contributed by atoms with Gasteiger partial charge < -0.3 is 10.1 Å². The zero-order valence-corrected chi connectivity index (χ0v) is 10.8. The van der Waals surface area contributed by atoms with Gasteiger partial charge in [0.05, 0.1) is 0 Å². The van der Waals surface area contributed by atoms with Gasteiger partial charge in [-0.2, -0.15) is 0 Å². The Hall–Kier alpha value is -0.570. The van der Waals surface area contributed by atoms with E-state index in [9.17, 15) is 0 Å². The van der Waals surface area contributed by atoms with E-state index in [1.54, 1.807) is 0 Å². The standard InChI is InChI=1S/C13H20ClNO/c1-3-8-16-9-7-13(15-2)11-5-4-6-12(14)10-11/h4-6,10,13,15H,3,7-9H2,1-2H3. The third-order valence-corrected chi connectivity index (χ3v) is 2.73. The van der Waals surface area contributed by atoms with E-state index in [1.807, 2.05) is 25.2 Å². The normalized spacial score (nSPS) is 12.7. The average molecular weight is 242 g/mol. The second-order valence-corrected chi connectivity index (χ2v) is 4.23. The molecule has 0 aliphatic heterocycles. The fraction of sp³-hybridized carbons (Fsp3) is 0.538. The van der Waals surface area contributed by atoms with Crippen molar-refractivity contribution in [3.05, 3.63) is 34.9 Å². The molecular weight excluding hydrogens is 222 g/mol. The smallest absolute Gasteiger partial charge is 0.0484 e. The van der Waals surface area contributed by atoms with E-state index in [2.05, 4.69) is 18.3 Å². The molecule has 3 heteroatoms. The van der Waals surface area contributed by atoms with Gasteiger partial charge in [-0.25, -0.2) is 0 Å². The van der Waals surface area contributed by atoms with Crippen LogP contribution in [-0.2, 0) is 4.74 Å². The Morgan fingerprint density at radius 2 is 2.19 bits per heavy atom. The highest BCUT2D eigenvalue weighted by Gasteiger charge is 2.08. The predicted octanol–water partition coefficient (Wildman–Crippen LogP) is 3.42. The number of hydrogen-bond acceptors (Lipinski definition) is 2. The average Bonchev–Trinajstić information content (AvgIpc) is 2.29. The van der Waals surface area contributed by atoms with Crippen molar-refractivity contribution in [2.75, 3.05) is 20.3 Å². The second-order valence-electron chi connectivity index (χ2n) is 3.80. The van der Waals surface area contributed by atoms with E-state index in [1.165, 1.54) is 5.56 Å². The molecule has 0 amide bonds. The van der Waals surface area contributed by atoms with Crippen LogP contribution in [0.3, 0.4) is 0 Å². The first kappa shape index (κ1) is 13.5. The largest absolute Gasteiger partial charge is 0.381 e. The van der Waals surface area contributed by atoms with E-state index in [4.69, 9.17) is 16.3 Å². The molecule has 1 rings (SSSR count). The summed E-state index contributed by atoms with van der Waals surface area (Å²) in [7, 11) is 1.96. The minimum atomic E-state index is 0.315. The maximum absolute atomic E-state index is 5.97. The molecule has 16 heavy (non-hydrogen) atoms. The van der Waals surface area contributed by atoms with Crippen molar-refractivity contribution in [2.45, 2.75) is 25.8 Å². The highest BCUT2D eigenvalue weighted by molar-refractivity contribution is 6.30. The Kier molecular flexibility index (Phi) is 6.46. The lowest BCUT2D eigenvalue weighted by Crippen LogP contribution is -2.18. The first-order valence-corrected chi connectivity index (χ1v) is 6.16. The summed E-state index contributed by atoms with van der Waals surface area (Å²) in [6.45, 7) is 3.74. The molecule has 1 atom stereocenters. The summed E-state index contributed by atoms with van der Waals surface area (Å²) in [6, 6.07) is 8.28. The number of benzene rings is 1. The third kappa shape index (κ3) is 4.52. The Morgan fingerprint density at radius 1 is 1.38 bits per heavy atom. The summed E-state index contributed by atoms with van der Waals surface area (Å²) in [5, 5.41) is 4.07. The van der Waals surface area contributed by atoms with Crippen LogP contribution in [-0.4, -0.2) is 20.3 Å². The van der Waals surface area contributed by atoms with Gasteiger partial charge in [0.15, 0.2) is 0 Å². The van der Waals surface area contributed by atoms with Crippen molar-refractivity contribution in [2.24, 2.45) is 0 Å². The maximum atomic E-state index is 5.97. The summed E-state index contributed by atoms with van der Waals surface area (Å²) in [4.78, 5) is 0. The number of ether oxygens (including phenoxy) is 1. The number of halogens is 1. The molecule has 1 unspecified atom stereocenters. The van der Waals surface area contributed by atoms with Crippen LogP contribution in [0.2, 0.25) is 5.02 Å². The Bertz CT molecular complexity index is 304. The van der Waals surface area contributed by atoms with Gasteiger partial charge in [0.1, 0.15) is 0 Å². The molecule has 0 fully saturated rings. The summed E-state index contributed by atoms with van der Waals surface area (Å²) in [5.74, 6) is 0. The van der Waals surface area contributed by atoms with Gasteiger partial charge in [0, 0.05) is 24.3 Å². The zero-order valence-electron chi connectivity index (χ0n) is 10.0. The molecule has 1 aromatic rings. The Balaban J connectivity index is 2.47. The van der Waals surface area contributed by atoms with Crippen LogP contribution in [0.5, 0.6) is 0 Å². The van der Waals surface area contributed by atoms with Crippen LogP contribution in [0.25, 0.3) is 0 Å². The van der Waals surface area contributed by atoms with Crippen LogP contribution >= 0.6 is 11.6 Å². The van der Waals surface area contributed by atoms with Gasteiger partial charge in [0.2, 0.25) is 0 Å². The molecule has 1 aromatic carbocycles. The first-order chi connectivity index (χ1) is 7.77. The molecule has 2 nitrogen and oxygen atoms in total. The van der Waals surface area contributed by atoms with E-state index in [-0.39, 0.29) is 0 Å². The molecule has 90 valence electrons. The van der Waals surface area contributed by atoms with Crippen LogP contribution in [0.1, 0.15) is 31.4 Å². The zero-order chi connectivity index (χ0) is 11.8. The molecule has 0 aliphatic rings. The van der Waals surface area contributed by atoms with E-state index in [0.717, 1.165) is 31.1 Å². The highest BCUT2D eigenvalue weighted by atomic mass is 35.5. The minimum absolute atomic E-state index is 0.315. The lowest BCUT2D eigenvalue weighted by molar-refractivity contribution is 0.125. The molecule has 0 bridgehead atoms. The fourth-order valence-corrected chi connectivity index (χ4v) is 1.85. The van der Waals surface area contributed by atoms with Gasteiger partial charge in [0.25, 0.3) is 0 Å². The van der Waals surface area contributed by atoms with Crippen LogP contribution in [0, 0.1) is 0 Å². The van der Waals surface area contributed by atoms with Crippen molar-refractivity contribution in [1.29, 1.82) is 0 Å². The molecule has 0 spiro atoms. The van der Waals surface area contributed by atoms with E-state index >= 15 is 0 Å². The van der Waals surface area contributed by atoms with Crippen molar-refractivity contribution in [3.8, 4) is 0 Å². The first-order valence-electron chi connectivity index (χ1n) is 5.78. The summed E-state index contributed by atoms with van der Waals surface area (Å²) in [5.41, 5.74) is 1.22. The molecule has 1 N–H and O–H groups in total. The molecule has 0 saturated carbocycles. The predicted molar refractivity (Wildman–Crippen MR) is 69.0 cm³/mol. The van der Waals surface area contributed by atoms with E-state index in [0.29, 0.717) is 6.04 Å². The third-order valence-electron chi connectivity index (χ3n) is 2.50. The lowest BCUT2D eigenvalue weighted by atomic mass is 10.0. The van der Waals surface area contributed by atoms with Gasteiger partial charge in [-0.3, -0.25) is 0 Å². The van der Waals surface area contributed by atoms with Crippen molar-refractivity contribution >= 4 is 11.6 Å². The molecular formula is C13H20ClNO. The molecule has 0 radical (unpaired) electrons. The quantitative estimate of drug-likeness (QED) is 0.739. The van der Waals surface area contributed by atoms with Crippen molar-refractivity contribution in [1.82, 2.24) is 5.32 Å². The van der Waals surface area contributed by atoms with Crippen LogP contribution in [0.4, 0.5) is 0 Å². The van der Waals surface area contributed by atoms with Gasteiger partial charge in [-0.1, -0.05) is 30.7 Å². The van der Waals surface area contributed by atoms with E-state index < -0.39 is 0 Å². The topological polar surface area (TPSA) is 21.3 Å². The summed E-state index contributed by atoms with van der Waals surface area (Å²) < 4.78 is 5.49. The van der Waals surface area contributed by atoms with Gasteiger partial charge in [-0.05, 0) is 37.6 Å². The number of nitrogens with one attached hydrogen (secondary N) is 1. The lowest BCUT2D eigenvalue weighted by Gasteiger charge is -2.16.